The third kappa shape index (κ3) is 4.65. The summed E-state index contributed by atoms with van der Waals surface area (Å²) in [4.78, 5) is 30.1. The van der Waals surface area contributed by atoms with Gasteiger partial charge in [-0.05, 0) is 43.5 Å². The van der Waals surface area contributed by atoms with Crippen LogP contribution in [-0.4, -0.2) is 34.8 Å². The lowest BCUT2D eigenvalue weighted by molar-refractivity contribution is -0.137. The molecule has 0 spiro atoms. The fourth-order valence-corrected chi connectivity index (χ4v) is 4.33. The van der Waals surface area contributed by atoms with Crippen LogP contribution in [0.4, 0.5) is 11.4 Å². The van der Waals surface area contributed by atoms with Crippen molar-refractivity contribution in [2.75, 3.05) is 11.4 Å². The number of fused-ring (bicyclic) bond motifs is 1. The second kappa shape index (κ2) is 9.28. The molecule has 6 heteroatoms. The Bertz CT molecular complexity index is 1230. The van der Waals surface area contributed by atoms with Gasteiger partial charge in [-0.3, -0.25) is 14.6 Å². The zero-order valence-electron chi connectivity index (χ0n) is 18.7. The molecule has 0 fully saturated rings. The van der Waals surface area contributed by atoms with E-state index >= 15 is 0 Å². The number of aromatic hydroxyl groups is 1. The molecule has 1 heterocycles. The SMILES string of the molecule is Cc1cc(C)cc(-c2cccc(N=CC3C(=O)N(CCCC(=O)O)c4ccccc43)c2O)c1. The number of hydrogen-bond acceptors (Lipinski definition) is 4. The van der Waals surface area contributed by atoms with Crippen molar-refractivity contribution >= 4 is 29.5 Å². The standard InChI is InChI=1S/C27H26N2O4/c1-17-13-18(2)15-19(14-17)20-8-5-9-23(26(20)32)28-16-22-21-7-3-4-10-24(21)29(27(22)33)12-6-11-25(30)31/h3-5,7-10,13-16,22,32H,6,11-12H2,1-2H3,(H,30,31). The van der Waals surface area contributed by atoms with E-state index in [0.717, 1.165) is 27.9 Å². The monoisotopic (exact) mass is 442 g/mol. The van der Waals surface area contributed by atoms with E-state index in [1.54, 1.807) is 17.2 Å². The van der Waals surface area contributed by atoms with Gasteiger partial charge in [-0.25, -0.2) is 0 Å². The van der Waals surface area contributed by atoms with Gasteiger partial charge in [-0.1, -0.05) is 59.7 Å². The molecule has 168 valence electrons. The summed E-state index contributed by atoms with van der Waals surface area (Å²) in [5.41, 5.74) is 5.80. The van der Waals surface area contributed by atoms with E-state index in [1.807, 2.05) is 62.4 Å². The number of para-hydroxylation sites is 2. The van der Waals surface area contributed by atoms with Crippen LogP contribution in [0.25, 0.3) is 11.1 Å². The summed E-state index contributed by atoms with van der Waals surface area (Å²) in [5, 5.41) is 19.8. The second-order valence-electron chi connectivity index (χ2n) is 8.35. The van der Waals surface area contributed by atoms with Gasteiger partial charge in [0.2, 0.25) is 5.91 Å². The van der Waals surface area contributed by atoms with Crippen molar-refractivity contribution in [2.45, 2.75) is 32.6 Å². The number of hydrogen-bond donors (Lipinski definition) is 2. The maximum absolute atomic E-state index is 13.1. The quantitative estimate of drug-likeness (QED) is 0.481. The molecule has 33 heavy (non-hydrogen) atoms. The molecule has 6 nitrogen and oxygen atoms in total. The van der Waals surface area contributed by atoms with Crippen molar-refractivity contribution in [3.63, 3.8) is 0 Å². The first-order valence-corrected chi connectivity index (χ1v) is 10.9. The number of carboxylic acids is 1. The lowest BCUT2D eigenvalue weighted by atomic mass is 9.99. The zero-order chi connectivity index (χ0) is 23.5. The summed E-state index contributed by atoms with van der Waals surface area (Å²) in [6, 6.07) is 19.0. The summed E-state index contributed by atoms with van der Waals surface area (Å²) in [6.07, 6.45) is 1.94. The Labute approximate surface area is 192 Å². The highest BCUT2D eigenvalue weighted by atomic mass is 16.4. The van der Waals surface area contributed by atoms with Crippen molar-refractivity contribution in [3.8, 4) is 16.9 Å². The first-order valence-electron chi connectivity index (χ1n) is 10.9. The summed E-state index contributed by atoms with van der Waals surface area (Å²) < 4.78 is 0. The number of rotatable bonds is 7. The van der Waals surface area contributed by atoms with Gasteiger partial charge in [0.05, 0.1) is 0 Å². The number of nitrogens with zero attached hydrogens (tertiary/aromatic N) is 2. The summed E-state index contributed by atoms with van der Waals surface area (Å²) in [6.45, 7) is 4.36. The predicted molar refractivity (Wildman–Crippen MR) is 130 cm³/mol. The van der Waals surface area contributed by atoms with Crippen LogP contribution in [0.2, 0.25) is 0 Å². The largest absolute Gasteiger partial charge is 0.505 e. The Morgan fingerprint density at radius 3 is 2.52 bits per heavy atom. The number of aliphatic carboxylic acids is 1. The molecule has 0 saturated carbocycles. The van der Waals surface area contributed by atoms with E-state index in [0.29, 0.717) is 24.2 Å². The van der Waals surface area contributed by atoms with E-state index in [9.17, 15) is 14.7 Å². The average Bonchev–Trinajstić information content (AvgIpc) is 3.03. The van der Waals surface area contributed by atoms with Gasteiger partial charge in [-0.15, -0.1) is 0 Å². The number of carbonyl (C=O) groups is 2. The van der Waals surface area contributed by atoms with Crippen molar-refractivity contribution in [1.82, 2.24) is 0 Å². The Kier molecular flexibility index (Phi) is 6.27. The van der Waals surface area contributed by atoms with Crippen LogP contribution < -0.4 is 4.90 Å². The molecule has 1 unspecified atom stereocenters. The molecule has 1 atom stereocenters. The lowest BCUT2D eigenvalue weighted by Gasteiger charge is -2.17. The number of benzene rings is 3. The molecule has 0 aromatic heterocycles. The molecule has 0 bridgehead atoms. The number of aryl methyl sites for hydroxylation is 2. The third-order valence-electron chi connectivity index (χ3n) is 5.78. The van der Waals surface area contributed by atoms with Crippen LogP contribution in [0.1, 0.15) is 35.4 Å². The Balaban J connectivity index is 1.63. The smallest absolute Gasteiger partial charge is 0.303 e. The van der Waals surface area contributed by atoms with Crippen molar-refractivity contribution in [1.29, 1.82) is 0 Å². The maximum atomic E-state index is 13.1. The summed E-state index contributed by atoms with van der Waals surface area (Å²) in [7, 11) is 0. The summed E-state index contributed by atoms with van der Waals surface area (Å²) >= 11 is 0. The van der Waals surface area contributed by atoms with Crippen LogP contribution in [0.15, 0.2) is 65.7 Å². The van der Waals surface area contributed by atoms with Crippen LogP contribution >= 0.6 is 0 Å². The Hall–Kier alpha value is -3.93. The fourth-order valence-electron chi connectivity index (χ4n) is 4.33. The normalized spacial score (nSPS) is 15.3. The molecule has 1 amide bonds. The van der Waals surface area contributed by atoms with Crippen LogP contribution in [0.5, 0.6) is 5.75 Å². The first kappa shape index (κ1) is 22.3. The number of phenols is 1. The highest BCUT2D eigenvalue weighted by Gasteiger charge is 2.35. The van der Waals surface area contributed by atoms with Gasteiger partial charge in [0.15, 0.2) is 0 Å². The first-order chi connectivity index (χ1) is 15.8. The van der Waals surface area contributed by atoms with E-state index in [1.165, 1.54) is 0 Å². The van der Waals surface area contributed by atoms with E-state index in [2.05, 4.69) is 11.1 Å². The van der Waals surface area contributed by atoms with Crippen LogP contribution in [0.3, 0.4) is 0 Å². The lowest BCUT2D eigenvalue weighted by Crippen LogP contribution is -2.30. The van der Waals surface area contributed by atoms with E-state index in [4.69, 9.17) is 5.11 Å². The second-order valence-corrected chi connectivity index (χ2v) is 8.35. The molecule has 2 N–H and O–H groups in total. The predicted octanol–water partition coefficient (Wildman–Crippen LogP) is 5.37. The van der Waals surface area contributed by atoms with Gasteiger partial charge >= 0.3 is 5.97 Å². The molecule has 3 aromatic carbocycles. The fraction of sp³-hybridized carbons (Fsp3) is 0.222. The minimum absolute atomic E-state index is 0.00377. The molecular formula is C27H26N2O4. The number of amides is 1. The minimum Gasteiger partial charge on any atom is -0.505 e. The topological polar surface area (TPSA) is 90.2 Å². The van der Waals surface area contributed by atoms with Gasteiger partial charge in [0, 0.05) is 30.4 Å². The number of phenolic OH excluding ortho intramolecular Hbond substituents is 1. The van der Waals surface area contributed by atoms with Crippen LogP contribution in [0, 0.1) is 13.8 Å². The van der Waals surface area contributed by atoms with Crippen molar-refractivity contribution < 1.29 is 19.8 Å². The molecule has 1 aliphatic heterocycles. The minimum atomic E-state index is -0.882. The Morgan fingerprint density at radius 1 is 1.06 bits per heavy atom. The molecule has 4 rings (SSSR count). The maximum Gasteiger partial charge on any atom is 0.303 e. The van der Waals surface area contributed by atoms with Gasteiger partial charge in [0.1, 0.15) is 17.4 Å². The third-order valence-corrected chi connectivity index (χ3v) is 5.78. The van der Waals surface area contributed by atoms with Crippen LogP contribution in [-0.2, 0) is 9.59 Å². The van der Waals surface area contributed by atoms with E-state index in [-0.39, 0.29) is 18.1 Å². The number of carbonyl (C=O) groups excluding carboxylic acids is 1. The highest BCUT2D eigenvalue weighted by Crippen LogP contribution is 2.40. The highest BCUT2D eigenvalue weighted by molar-refractivity contribution is 6.14. The zero-order valence-corrected chi connectivity index (χ0v) is 18.7. The van der Waals surface area contributed by atoms with Gasteiger partial charge < -0.3 is 15.1 Å². The summed E-state index contributed by atoms with van der Waals surface area (Å²) in [5.74, 6) is -1.55. The van der Waals surface area contributed by atoms with E-state index < -0.39 is 11.9 Å². The number of carboxylic acid groups (broad SMARTS) is 1. The van der Waals surface area contributed by atoms with Gasteiger partial charge in [-0.2, -0.15) is 0 Å². The molecule has 0 aliphatic carbocycles. The van der Waals surface area contributed by atoms with Crippen molar-refractivity contribution in [2.24, 2.45) is 4.99 Å². The van der Waals surface area contributed by atoms with Crippen molar-refractivity contribution in [3.05, 3.63) is 77.4 Å². The number of aliphatic imine (C=N–C) groups is 1. The molecular weight excluding hydrogens is 416 g/mol. The molecule has 3 aromatic rings. The number of anilines is 1. The average molecular weight is 443 g/mol. The molecule has 0 radical (unpaired) electrons. The molecule has 0 saturated heterocycles. The van der Waals surface area contributed by atoms with Gasteiger partial charge in [0.25, 0.3) is 0 Å². The Morgan fingerprint density at radius 2 is 1.79 bits per heavy atom. The molecule has 1 aliphatic rings.